The fraction of sp³-hybridized carbons (Fsp3) is 0.0714. The fourth-order valence-electron chi connectivity index (χ4n) is 1.83. The number of halogens is 3. The second-order valence-electron chi connectivity index (χ2n) is 4.31. The molecule has 0 bridgehead atoms. The summed E-state index contributed by atoms with van der Waals surface area (Å²) in [5.41, 5.74) is 1.04. The molecule has 0 aliphatic rings. The van der Waals surface area contributed by atoms with Gasteiger partial charge in [0, 0.05) is 6.07 Å². The van der Waals surface area contributed by atoms with E-state index in [0.29, 0.717) is 10.2 Å². The Kier molecular flexibility index (Phi) is 3.31. The molecule has 2 aromatic carbocycles. The molecule has 0 unspecified atom stereocenters. The van der Waals surface area contributed by atoms with Gasteiger partial charge in [-0.1, -0.05) is 29.0 Å². The average molecular weight is 311 g/mol. The maximum Gasteiger partial charge on any atom is 0.188 e. The summed E-state index contributed by atoms with van der Waals surface area (Å²) in [5, 5.41) is 3.85. The molecule has 1 aromatic heterocycles. The minimum Gasteiger partial charge on any atom is -0.329 e. The van der Waals surface area contributed by atoms with Gasteiger partial charge in [0.05, 0.1) is 20.9 Å². The molecule has 0 aliphatic heterocycles. The van der Waals surface area contributed by atoms with Crippen LogP contribution in [0.25, 0.3) is 10.2 Å². The van der Waals surface area contributed by atoms with Crippen molar-refractivity contribution >= 4 is 44.0 Å². The number of thiazole rings is 1. The van der Waals surface area contributed by atoms with E-state index in [-0.39, 0.29) is 11.3 Å². The van der Waals surface area contributed by atoms with Crippen molar-refractivity contribution in [1.82, 2.24) is 4.98 Å². The number of benzene rings is 2. The Morgan fingerprint density at radius 2 is 2.00 bits per heavy atom. The van der Waals surface area contributed by atoms with Crippen LogP contribution in [0.15, 0.2) is 30.3 Å². The first-order chi connectivity index (χ1) is 9.54. The third-order valence-corrected chi connectivity index (χ3v) is 4.30. The van der Waals surface area contributed by atoms with Gasteiger partial charge in [-0.3, -0.25) is 0 Å². The van der Waals surface area contributed by atoms with E-state index in [1.807, 2.05) is 6.07 Å². The lowest BCUT2D eigenvalue weighted by molar-refractivity contribution is 0.595. The summed E-state index contributed by atoms with van der Waals surface area (Å²) < 4.78 is 28.1. The first-order valence-electron chi connectivity index (χ1n) is 5.82. The molecule has 2 nitrogen and oxygen atoms in total. The number of anilines is 2. The molecule has 1 N–H and O–H groups in total. The molecule has 0 atom stereocenters. The Labute approximate surface area is 123 Å². The van der Waals surface area contributed by atoms with E-state index < -0.39 is 11.6 Å². The second-order valence-corrected chi connectivity index (χ2v) is 5.72. The highest BCUT2D eigenvalue weighted by Gasteiger charge is 2.11. The Hall–Kier alpha value is -1.72. The summed E-state index contributed by atoms with van der Waals surface area (Å²) in [6, 6.07) is 7.64. The molecule has 3 aromatic rings. The van der Waals surface area contributed by atoms with Gasteiger partial charge in [-0.2, -0.15) is 0 Å². The smallest absolute Gasteiger partial charge is 0.188 e. The normalized spacial score (nSPS) is 11.0. The van der Waals surface area contributed by atoms with Gasteiger partial charge in [0.15, 0.2) is 5.13 Å². The number of nitrogens with one attached hydrogen (secondary N) is 1. The zero-order valence-electron chi connectivity index (χ0n) is 10.4. The van der Waals surface area contributed by atoms with Gasteiger partial charge < -0.3 is 5.32 Å². The van der Waals surface area contributed by atoms with Crippen molar-refractivity contribution in [3.8, 4) is 0 Å². The third kappa shape index (κ3) is 2.34. The van der Waals surface area contributed by atoms with E-state index in [9.17, 15) is 8.78 Å². The van der Waals surface area contributed by atoms with Crippen LogP contribution >= 0.6 is 22.9 Å². The Morgan fingerprint density at radius 3 is 2.75 bits per heavy atom. The van der Waals surface area contributed by atoms with E-state index in [1.165, 1.54) is 18.3 Å². The number of rotatable bonds is 2. The van der Waals surface area contributed by atoms with Gasteiger partial charge >= 0.3 is 0 Å². The van der Waals surface area contributed by atoms with Crippen molar-refractivity contribution < 1.29 is 8.78 Å². The SMILES string of the molecule is Cc1cc(F)c(Nc2nc3cccc(Cl)c3s2)cc1F. The van der Waals surface area contributed by atoms with Crippen molar-refractivity contribution in [3.05, 3.63) is 52.6 Å². The molecule has 0 amide bonds. The molecule has 0 saturated heterocycles. The summed E-state index contributed by atoms with van der Waals surface area (Å²) in [7, 11) is 0. The standard InChI is InChI=1S/C14H9ClF2N2S/c1-7-5-10(17)12(6-9(7)16)19-14-18-11-4-2-3-8(15)13(11)20-14/h2-6H,1H3,(H,18,19). The van der Waals surface area contributed by atoms with Crippen LogP contribution in [0.4, 0.5) is 19.6 Å². The summed E-state index contributed by atoms with van der Waals surface area (Å²) in [6.07, 6.45) is 0. The molecule has 0 spiro atoms. The third-order valence-electron chi connectivity index (χ3n) is 2.86. The van der Waals surface area contributed by atoms with Gasteiger partial charge in [-0.15, -0.1) is 0 Å². The minimum atomic E-state index is -0.519. The Morgan fingerprint density at radius 1 is 1.20 bits per heavy atom. The Bertz CT molecular complexity index is 801. The lowest BCUT2D eigenvalue weighted by atomic mass is 10.2. The topological polar surface area (TPSA) is 24.9 Å². The maximum absolute atomic E-state index is 13.8. The molecule has 6 heteroatoms. The summed E-state index contributed by atoms with van der Waals surface area (Å²) >= 11 is 7.35. The van der Waals surface area contributed by atoms with Crippen molar-refractivity contribution in [1.29, 1.82) is 0 Å². The zero-order chi connectivity index (χ0) is 14.3. The summed E-state index contributed by atoms with van der Waals surface area (Å²) in [4.78, 5) is 4.30. The van der Waals surface area contributed by atoms with Gasteiger partial charge in [0.1, 0.15) is 11.6 Å². The molecular weight excluding hydrogens is 302 g/mol. The minimum absolute atomic E-state index is 0.0586. The van der Waals surface area contributed by atoms with Crippen molar-refractivity contribution in [2.45, 2.75) is 6.92 Å². The molecule has 102 valence electrons. The molecule has 20 heavy (non-hydrogen) atoms. The van der Waals surface area contributed by atoms with Gasteiger partial charge in [0.2, 0.25) is 0 Å². The first-order valence-corrected chi connectivity index (χ1v) is 7.02. The van der Waals surface area contributed by atoms with Crippen molar-refractivity contribution in [2.75, 3.05) is 5.32 Å². The van der Waals surface area contributed by atoms with Crippen LogP contribution in [0.1, 0.15) is 5.56 Å². The molecule has 0 saturated carbocycles. The van der Waals surface area contributed by atoms with E-state index in [2.05, 4.69) is 10.3 Å². The maximum atomic E-state index is 13.8. The van der Waals surface area contributed by atoms with Gasteiger partial charge in [-0.05, 0) is 30.7 Å². The molecule has 0 aliphatic carbocycles. The molecule has 0 fully saturated rings. The number of nitrogens with zero attached hydrogens (tertiary/aromatic N) is 1. The number of aryl methyl sites for hydroxylation is 1. The van der Waals surface area contributed by atoms with Gasteiger partial charge in [-0.25, -0.2) is 13.8 Å². The fourth-order valence-corrected chi connectivity index (χ4v) is 2.99. The number of fused-ring (bicyclic) bond motifs is 1. The van der Waals surface area contributed by atoms with E-state index in [0.717, 1.165) is 22.3 Å². The second kappa shape index (κ2) is 5.00. The van der Waals surface area contributed by atoms with Crippen LogP contribution in [0.5, 0.6) is 0 Å². The highest BCUT2D eigenvalue weighted by molar-refractivity contribution is 7.22. The van der Waals surface area contributed by atoms with Crippen LogP contribution in [-0.2, 0) is 0 Å². The summed E-state index contributed by atoms with van der Waals surface area (Å²) in [5.74, 6) is -0.984. The van der Waals surface area contributed by atoms with Crippen LogP contribution in [0, 0.1) is 18.6 Å². The largest absolute Gasteiger partial charge is 0.329 e. The molecule has 3 rings (SSSR count). The lowest BCUT2D eigenvalue weighted by Crippen LogP contribution is -1.96. The van der Waals surface area contributed by atoms with Gasteiger partial charge in [0.25, 0.3) is 0 Å². The zero-order valence-corrected chi connectivity index (χ0v) is 11.9. The highest BCUT2D eigenvalue weighted by atomic mass is 35.5. The van der Waals surface area contributed by atoms with Crippen LogP contribution in [-0.4, -0.2) is 4.98 Å². The van der Waals surface area contributed by atoms with E-state index >= 15 is 0 Å². The van der Waals surface area contributed by atoms with Crippen LogP contribution < -0.4 is 5.32 Å². The van der Waals surface area contributed by atoms with Crippen molar-refractivity contribution in [2.24, 2.45) is 0 Å². The average Bonchev–Trinajstić information content (AvgIpc) is 2.80. The number of hydrogen-bond acceptors (Lipinski definition) is 3. The van der Waals surface area contributed by atoms with Crippen LogP contribution in [0.3, 0.4) is 0 Å². The highest BCUT2D eigenvalue weighted by Crippen LogP contribution is 2.33. The van der Waals surface area contributed by atoms with E-state index in [4.69, 9.17) is 11.6 Å². The molecular formula is C14H9ClF2N2S. The predicted octanol–water partition coefficient (Wildman–Crippen LogP) is 5.28. The monoisotopic (exact) mass is 310 g/mol. The van der Waals surface area contributed by atoms with Crippen LogP contribution in [0.2, 0.25) is 5.02 Å². The lowest BCUT2D eigenvalue weighted by Gasteiger charge is -2.05. The predicted molar refractivity (Wildman–Crippen MR) is 79.0 cm³/mol. The van der Waals surface area contributed by atoms with Crippen molar-refractivity contribution in [3.63, 3.8) is 0 Å². The molecule has 1 heterocycles. The molecule has 0 radical (unpaired) electrons. The first kappa shape index (κ1) is 13.3. The Balaban J connectivity index is 2.01. The number of hydrogen-bond donors (Lipinski definition) is 1. The number of aromatic nitrogens is 1. The quantitative estimate of drug-likeness (QED) is 0.696. The van der Waals surface area contributed by atoms with E-state index in [1.54, 1.807) is 12.1 Å². The summed E-state index contributed by atoms with van der Waals surface area (Å²) in [6.45, 7) is 1.51.